The fraction of sp³-hybridized carbons (Fsp3) is 0.667. The molecule has 0 radical (unpaired) electrons. The molecule has 18 heteroatoms. The number of carbonyl (C=O) groups excluding carboxylic acids is 3. The topological polar surface area (TPSA) is 231 Å². The van der Waals surface area contributed by atoms with Gasteiger partial charge < -0.3 is 34.2 Å². The molecule has 5 atom stereocenters. The maximum atomic E-state index is 12.9. The number of hydrogen-bond acceptors (Lipinski definition) is 14. The van der Waals surface area contributed by atoms with Gasteiger partial charge >= 0.3 is 33.6 Å². The number of rotatable bonds is 66. The monoisotopic (exact) mass is 1340 g/mol. The van der Waals surface area contributed by atoms with Crippen molar-refractivity contribution in [2.45, 2.75) is 283 Å². The first-order valence-corrected chi connectivity index (χ1v) is 38.5. The normalized spacial score (nSPS) is 15.0. The molecule has 0 aromatic rings. The lowest BCUT2D eigenvalue weighted by atomic mass is 10.0. The van der Waals surface area contributed by atoms with E-state index in [1.165, 1.54) is 70.6 Å². The van der Waals surface area contributed by atoms with E-state index >= 15 is 0 Å². The summed E-state index contributed by atoms with van der Waals surface area (Å²) >= 11 is 0. The van der Waals surface area contributed by atoms with Gasteiger partial charge in [0.1, 0.15) is 25.4 Å². The quantitative estimate of drug-likeness (QED) is 0.0146. The summed E-state index contributed by atoms with van der Waals surface area (Å²) in [6, 6.07) is 0. The predicted octanol–water partition coefficient (Wildman–Crippen LogP) is 20.0. The van der Waals surface area contributed by atoms with Gasteiger partial charge in [0.2, 0.25) is 0 Å². The minimum Gasteiger partial charge on any atom is -0.463 e. The Bertz CT molecular complexity index is 2230. The molecule has 0 aliphatic heterocycles. The van der Waals surface area contributed by atoms with Gasteiger partial charge in [0.05, 0.1) is 26.4 Å². The van der Waals surface area contributed by atoms with Gasteiger partial charge in [0.25, 0.3) is 0 Å². The molecular formula is C75H126O16P2. The van der Waals surface area contributed by atoms with E-state index in [4.69, 9.17) is 32.3 Å². The van der Waals surface area contributed by atoms with Crippen molar-refractivity contribution in [3.05, 3.63) is 134 Å². The van der Waals surface area contributed by atoms with Gasteiger partial charge in [-0.3, -0.25) is 32.5 Å². The molecule has 0 fully saturated rings. The van der Waals surface area contributed by atoms with Crippen LogP contribution in [0.2, 0.25) is 0 Å². The molecule has 0 aliphatic rings. The van der Waals surface area contributed by atoms with Crippen molar-refractivity contribution in [3.8, 4) is 0 Å². The van der Waals surface area contributed by atoms with E-state index in [2.05, 4.69) is 142 Å². The predicted molar refractivity (Wildman–Crippen MR) is 380 cm³/mol. The Morgan fingerprint density at radius 1 is 0.312 bits per heavy atom. The van der Waals surface area contributed by atoms with Gasteiger partial charge in [-0.05, 0) is 109 Å². The summed E-state index contributed by atoms with van der Waals surface area (Å²) < 4.78 is 60.8. The summed E-state index contributed by atoms with van der Waals surface area (Å²) in [6.07, 6.45) is 79.4. The van der Waals surface area contributed by atoms with Crippen LogP contribution >= 0.6 is 15.6 Å². The van der Waals surface area contributed by atoms with Crippen molar-refractivity contribution in [2.75, 3.05) is 39.6 Å². The maximum Gasteiger partial charge on any atom is 0.472 e. The lowest BCUT2D eigenvalue weighted by Crippen LogP contribution is -2.30. The molecule has 0 aromatic carbocycles. The first-order chi connectivity index (χ1) is 45.2. The summed E-state index contributed by atoms with van der Waals surface area (Å²) in [5.41, 5.74) is 0. The van der Waals surface area contributed by atoms with Gasteiger partial charge in [-0.15, -0.1) is 0 Å². The Hall–Kier alpha value is -4.31. The summed E-state index contributed by atoms with van der Waals surface area (Å²) in [6.45, 7) is 2.36. The molecule has 0 saturated carbocycles. The van der Waals surface area contributed by atoms with Crippen molar-refractivity contribution in [3.63, 3.8) is 0 Å². The smallest absolute Gasteiger partial charge is 0.463 e. The third kappa shape index (κ3) is 68.9. The number of aliphatic hydroxyl groups is 2. The Morgan fingerprint density at radius 2 is 0.581 bits per heavy atom. The van der Waals surface area contributed by atoms with E-state index in [9.17, 15) is 43.5 Å². The number of esters is 3. The van der Waals surface area contributed by atoms with Crippen molar-refractivity contribution in [1.29, 1.82) is 0 Å². The number of allylic oxidation sites excluding steroid dienone is 22. The molecule has 0 rings (SSSR count). The van der Waals surface area contributed by atoms with E-state index in [-0.39, 0.29) is 19.3 Å². The van der Waals surface area contributed by atoms with Crippen molar-refractivity contribution in [2.24, 2.45) is 0 Å². The van der Waals surface area contributed by atoms with Crippen LogP contribution in [0, 0.1) is 0 Å². The number of hydrogen-bond donors (Lipinski definition) is 4. The zero-order valence-electron chi connectivity index (χ0n) is 57.6. The number of phosphoric ester groups is 2. The Kier molecular flexibility index (Phi) is 64.5. The largest absolute Gasteiger partial charge is 0.472 e. The van der Waals surface area contributed by atoms with Crippen molar-refractivity contribution < 1.29 is 75.8 Å². The highest BCUT2D eigenvalue weighted by Gasteiger charge is 2.29. The highest BCUT2D eigenvalue weighted by atomic mass is 31.2. The summed E-state index contributed by atoms with van der Waals surface area (Å²) in [7, 11) is -9.80. The lowest BCUT2D eigenvalue weighted by Gasteiger charge is -2.21. The van der Waals surface area contributed by atoms with Crippen LogP contribution in [0.15, 0.2) is 134 Å². The Balaban J connectivity index is 4.57. The number of ether oxygens (including phenoxy) is 3. The molecule has 0 saturated heterocycles. The highest BCUT2D eigenvalue weighted by molar-refractivity contribution is 7.47. The molecule has 93 heavy (non-hydrogen) atoms. The van der Waals surface area contributed by atoms with E-state index < -0.39 is 91.5 Å². The second kappa shape index (κ2) is 67.7. The van der Waals surface area contributed by atoms with E-state index in [0.717, 1.165) is 128 Å². The van der Waals surface area contributed by atoms with Crippen LogP contribution in [0.5, 0.6) is 0 Å². The molecular weight excluding hydrogens is 1220 g/mol. The van der Waals surface area contributed by atoms with Crippen molar-refractivity contribution in [1.82, 2.24) is 0 Å². The zero-order chi connectivity index (χ0) is 68.1. The molecule has 0 aromatic heterocycles. The zero-order valence-corrected chi connectivity index (χ0v) is 59.4. The van der Waals surface area contributed by atoms with E-state index in [1.807, 2.05) is 12.2 Å². The maximum absolute atomic E-state index is 12.9. The molecule has 4 N–H and O–H groups in total. The highest BCUT2D eigenvalue weighted by Crippen LogP contribution is 2.45. The van der Waals surface area contributed by atoms with Crippen LogP contribution in [-0.2, 0) is 55.8 Å². The Labute approximate surface area is 563 Å². The van der Waals surface area contributed by atoms with E-state index in [1.54, 1.807) is 0 Å². The second-order valence-corrected chi connectivity index (χ2v) is 26.2. The van der Waals surface area contributed by atoms with Gasteiger partial charge in [-0.2, -0.15) is 0 Å². The first kappa shape index (κ1) is 88.7. The van der Waals surface area contributed by atoms with Crippen LogP contribution in [0.3, 0.4) is 0 Å². The molecule has 0 spiro atoms. The molecule has 532 valence electrons. The molecule has 0 bridgehead atoms. The van der Waals surface area contributed by atoms with Crippen LogP contribution in [0.25, 0.3) is 0 Å². The molecule has 16 nitrogen and oxygen atoms in total. The number of carbonyl (C=O) groups is 3. The first-order valence-electron chi connectivity index (χ1n) is 35.5. The van der Waals surface area contributed by atoms with Crippen molar-refractivity contribution >= 4 is 33.6 Å². The van der Waals surface area contributed by atoms with Gasteiger partial charge in [0, 0.05) is 19.3 Å². The average molecular weight is 1350 g/mol. The van der Waals surface area contributed by atoms with Crippen LogP contribution < -0.4 is 0 Å². The van der Waals surface area contributed by atoms with Gasteiger partial charge in [-0.1, -0.05) is 270 Å². The Morgan fingerprint density at radius 3 is 0.946 bits per heavy atom. The van der Waals surface area contributed by atoms with E-state index in [0.29, 0.717) is 25.7 Å². The fourth-order valence-corrected chi connectivity index (χ4v) is 10.6. The van der Waals surface area contributed by atoms with Crippen LogP contribution in [0.4, 0.5) is 0 Å². The average Bonchev–Trinajstić information content (AvgIpc) is 2.77. The third-order valence-corrected chi connectivity index (χ3v) is 16.3. The fourth-order valence-electron chi connectivity index (χ4n) is 9.02. The molecule has 0 heterocycles. The summed E-state index contributed by atoms with van der Waals surface area (Å²) in [5, 5.41) is 20.6. The number of phosphoric acid groups is 2. The summed E-state index contributed by atoms with van der Waals surface area (Å²) in [5.74, 6) is -1.65. The summed E-state index contributed by atoms with van der Waals surface area (Å²) in [4.78, 5) is 58.4. The SMILES string of the molecule is CC/C=C\C/C=C\C/C=C\C/C=C\C/C=C\C/C=C\CCCCCCCCCCC(=O)OCC(O)COP(=O)(O)OCC(O)COP(=O)(O)OCC(COC(=O)CCC/C=C\C/C=C\C/C=C\C/C=C\C/C=C\CC)OC(=O)CCCCCCCCCCCCCCC. The molecule has 0 aliphatic carbocycles. The molecule has 0 amide bonds. The minimum absolute atomic E-state index is 0.0910. The van der Waals surface area contributed by atoms with Gasteiger partial charge in [-0.25, -0.2) is 9.13 Å². The van der Waals surface area contributed by atoms with Crippen LogP contribution in [-0.4, -0.2) is 95.9 Å². The molecule has 5 unspecified atom stereocenters. The third-order valence-electron chi connectivity index (χ3n) is 14.4. The van der Waals surface area contributed by atoms with Gasteiger partial charge in [0.15, 0.2) is 6.10 Å². The van der Waals surface area contributed by atoms with Crippen LogP contribution in [0.1, 0.15) is 265 Å². The number of aliphatic hydroxyl groups excluding tert-OH is 2. The standard InChI is InChI=1S/C75H126O16P2/c1-4-7-10-13-16-19-22-25-27-29-30-31-32-33-34-35-36-37-38-40-42-44-46-49-52-55-58-61-73(78)85-64-70(76)65-87-92(81,82)88-66-71(77)67-89-93(83,84)90-69-72(91-75(80)63-60-57-54-51-48-43-24-21-18-15-12-9-6-3)68-86-74(79)62-59-56-53-50-47-45-41-39-28-26-23-20-17-14-11-8-5-2/h7-8,10-11,16-17,19-20,25-28,30-31,33-34,36-37,41,45,50,53,70-72,76-77H,4-6,9,12-15,18,21-24,29,32,35,38-40,42-44,46-49,51-52,54-69H2,1-3H3,(H,81,82)(H,83,84)/b10-7-,11-8-,19-16-,20-17-,27-25-,28-26-,31-30-,34-33-,37-36-,45-41-,53-50-. The minimum atomic E-state index is -4.94. The second-order valence-electron chi connectivity index (χ2n) is 23.3. The number of unbranched alkanes of at least 4 members (excludes halogenated alkanes) is 21. The lowest BCUT2D eigenvalue weighted by molar-refractivity contribution is -0.161.